The molecule has 0 spiro atoms. The third-order valence-corrected chi connectivity index (χ3v) is 2.22. The van der Waals surface area contributed by atoms with Crippen LogP contribution >= 0.6 is 0 Å². The summed E-state index contributed by atoms with van der Waals surface area (Å²) < 4.78 is 5.50. The van der Waals surface area contributed by atoms with Crippen LogP contribution in [0.15, 0.2) is 0 Å². The van der Waals surface area contributed by atoms with Gasteiger partial charge in [-0.25, -0.2) is 0 Å². The minimum absolute atomic E-state index is 0. The smallest absolute Gasteiger partial charge is 0.306 e. The molecule has 20 heavy (non-hydrogen) atoms. The Kier molecular flexibility index (Phi) is 9.62. The Morgan fingerprint density at radius 2 is 1.75 bits per heavy atom. The van der Waals surface area contributed by atoms with Crippen LogP contribution in [0.1, 0.15) is 33.1 Å². The van der Waals surface area contributed by atoms with Crippen LogP contribution in [0.25, 0.3) is 0 Å². The number of esters is 1. The van der Waals surface area contributed by atoms with E-state index in [1.165, 1.54) is 0 Å². The Hall–Kier alpha value is -1.63. The zero-order chi connectivity index (χ0) is 15.1. The van der Waals surface area contributed by atoms with Crippen molar-refractivity contribution < 1.29 is 33.8 Å². The molecule has 0 radical (unpaired) electrons. The van der Waals surface area contributed by atoms with Crippen molar-refractivity contribution in [3.8, 4) is 0 Å². The number of quaternary nitrogens is 1. The van der Waals surface area contributed by atoms with Gasteiger partial charge in [0.2, 0.25) is 0 Å². The van der Waals surface area contributed by atoms with Gasteiger partial charge < -0.3 is 24.2 Å². The summed E-state index contributed by atoms with van der Waals surface area (Å²) in [5, 5.41) is 19.0. The van der Waals surface area contributed by atoms with Gasteiger partial charge in [-0.05, 0) is 6.42 Å². The molecule has 0 aliphatic rings. The fourth-order valence-electron chi connectivity index (χ4n) is 1.57. The zero-order valence-electron chi connectivity index (χ0n) is 11.5. The average molecular weight is 291 g/mol. The van der Waals surface area contributed by atoms with E-state index in [-0.39, 0.29) is 33.1 Å². The predicted molar refractivity (Wildman–Crippen MR) is 70.6 cm³/mol. The van der Waals surface area contributed by atoms with E-state index in [0.29, 0.717) is 11.0 Å². The molecule has 0 aliphatic carbocycles. The topological polar surface area (TPSA) is 104 Å². The van der Waals surface area contributed by atoms with Crippen molar-refractivity contribution in [2.24, 2.45) is 0 Å². The Bertz CT molecular complexity index is 334. The maximum absolute atomic E-state index is 11.5. The van der Waals surface area contributed by atoms with E-state index in [0.717, 1.165) is 0 Å². The van der Waals surface area contributed by atoms with E-state index >= 15 is 0 Å². The van der Waals surface area contributed by atoms with Crippen molar-refractivity contribution in [2.75, 3.05) is 27.7 Å². The molecule has 0 rings (SSSR count). The number of hydrogen-bond donors (Lipinski definition) is 1. The third-order valence-electron chi connectivity index (χ3n) is 2.22. The monoisotopic (exact) mass is 291 g/mol. The number of hydrogen-bond acceptors (Lipinski definition) is 5. The Morgan fingerprint density at radius 1 is 1.20 bits per heavy atom. The first-order valence-electron chi connectivity index (χ1n) is 6.01. The molecule has 0 aromatic heterocycles. The van der Waals surface area contributed by atoms with Crippen molar-refractivity contribution >= 4 is 17.9 Å². The predicted octanol–water partition coefficient (Wildman–Crippen LogP) is -0.365. The number of likely N-dealkylation sites (N-methyl/N-ethyl adjacent to an activating group) is 1. The molecule has 1 atom stereocenters. The van der Waals surface area contributed by atoms with E-state index in [2.05, 4.69) is 0 Å². The summed E-state index contributed by atoms with van der Waals surface area (Å²) >= 11 is 0. The standard InChI is InChI=1S/C12H21NO6.CH4/c1-13(2,3)8-9(7-11(16)17)19-12(18)6-4-5-10(14)15;/h9H,4-8H2,1-3H3,(H-,14,15,16,17);1H4/t9-;/m1./s1. The summed E-state index contributed by atoms with van der Waals surface area (Å²) in [5.74, 6) is -2.84. The molecule has 0 aliphatic heterocycles. The SMILES string of the molecule is C.C[N+](C)(C)C[C@@H](CC(=O)[O-])OC(=O)CCCC(=O)O. The fraction of sp³-hybridized carbons (Fsp3) is 0.769. The minimum Gasteiger partial charge on any atom is -0.550 e. The highest BCUT2D eigenvalue weighted by molar-refractivity contribution is 5.72. The molecule has 0 saturated carbocycles. The Balaban J connectivity index is 0. The van der Waals surface area contributed by atoms with Crippen molar-refractivity contribution in [3.05, 3.63) is 0 Å². The maximum Gasteiger partial charge on any atom is 0.306 e. The van der Waals surface area contributed by atoms with Gasteiger partial charge in [-0.1, -0.05) is 7.43 Å². The number of aliphatic carboxylic acids is 2. The van der Waals surface area contributed by atoms with Gasteiger partial charge >= 0.3 is 11.9 Å². The van der Waals surface area contributed by atoms with Gasteiger partial charge in [0.25, 0.3) is 0 Å². The zero-order valence-corrected chi connectivity index (χ0v) is 11.5. The number of carbonyl (C=O) groups is 3. The summed E-state index contributed by atoms with van der Waals surface area (Å²) in [4.78, 5) is 32.4. The highest BCUT2D eigenvalue weighted by Gasteiger charge is 2.22. The molecule has 0 aromatic carbocycles. The lowest BCUT2D eigenvalue weighted by Gasteiger charge is -2.29. The van der Waals surface area contributed by atoms with Crippen molar-refractivity contribution in [2.45, 2.75) is 39.2 Å². The molecule has 7 nitrogen and oxygen atoms in total. The van der Waals surface area contributed by atoms with Crippen LogP contribution in [0.2, 0.25) is 0 Å². The molecule has 118 valence electrons. The molecule has 0 unspecified atom stereocenters. The Morgan fingerprint density at radius 3 is 2.15 bits per heavy atom. The minimum atomic E-state index is -1.28. The normalized spacial score (nSPS) is 12.2. The van der Waals surface area contributed by atoms with Gasteiger partial charge in [0.15, 0.2) is 6.10 Å². The van der Waals surface area contributed by atoms with E-state index in [9.17, 15) is 19.5 Å². The molecule has 0 aromatic rings. The second-order valence-corrected chi connectivity index (χ2v) is 5.41. The van der Waals surface area contributed by atoms with Gasteiger partial charge in [0, 0.05) is 25.2 Å². The van der Waals surface area contributed by atoms with E-state index in [4.69, 9.17) is 9.84 Å². The molecular formula is C13H25NO6. The molecule has 0 heterocycles. The van der Waals surface area contributed by atoms with Gasteiger partial charge in [-0.2, -0.15) is 0 Å². The fourth-order valence-corrected chi connectivity index (χ4v) is 1.57. The maximum atomic E-state index is 11.5. The molecule has 7 heteroatoms. The van der Waals surface area contributed by atoms with Crippen LogP contribution in [0.5, 0.6) is 0 Å². The Labute approximate surface area is 119 Å². The molecule has 0 fully saturated rings. The van der Waals surface area contributed by atoms with Crippen LogP contribution in [-0.2, 0) is 19.1 Å². The summed E-state index contributed by atoms with van der Waals surface area (Å²) in [7, 11) is 5.54. The van der Waals surface area contributed by atoms with Gasteiger partial charge in [0.05, 0.1) is 21.1 Å². The first kappa shape index (κ1) is 20.7. The van der Waals surface area contributed by atoms with Crippen LogP contribution in [0.3, 0.4) is 0 Å². The van der Waals surface area contributed by atoms with Crippen LogP contribution < -0.4 is 5.11 Å². The van der Waals surface area contributed by atoms with Crippen LogP contribution in [0.4, 0.5) is 0 Å². The third kappa shape index (κ3) is 12.8. The molecular weight excluding hydrogens is 266 g/mol. The summed E-state index contributed by atoms with van der Waals surface area (Å²) in [6.07, 6.45) is -1.10. The molecule has 1 N–H and O–H groups in total. The number of carboxylic acid groups (broad SMARTS) is 2. The lowest BCUT2D eigenvalue weighted by Crippen LogP contribution is -2.45. The van der Waals surface area contributed by atoms with E-state index < -0.39 is 24.0 Å². The van der Waals surface area contributed by atoms with Gasteiger partial charge in [-0.15, -0.1) is 0 Å². The largest absolute Gasteiger partial charge is 0.550 e. The van der Waals surface area contributed by atoms with E-state index in [1.807, 2.05) is 21.1 Å². The highest BCUT2D eigenvalue weighted by atomic mass is 16.5. The van der Waals surface area contributed by atoms with Crippen molar-refractivity contribution in [1.29, 1.82) is 0 Å². The highest BCUT2D eigenvalue weighted by Crippen LogP contribution is 2.07. The van der Waals surface area contributed by atoms with Crippen LogP contribution in [0, 0.1) is 0 Å². The lowest BCUT2D eigenvalue weighted by molar-refractivity contribution is -0.873. The van der Waals surface area contributed by atoms with Crippen molar-refractivity contribution in [1.82, 2.24) is 0 Å². The van der Waals surface area contributed by atoms with E-state index in [1.54, 1.807) is 0 Å². The molecule has 0 bridgehead atoms. The first-order chi connectivity index (χ1) is 8.60. The molecule has 0 saturated heterocycles. The second-order valence-electron chi connectivity index (χ2n) is 5.41. The molecule has 0 amide bonds. The first-order valence-corrected chi connectivity index (χ1v) is 6.01. The number of rotatable bonds is 9. The van der Waals surface area contributed by atoms with Crippen molar-refractivity contribution in [3.63, 3.8) is 0 Å². The lowest BCUT2D eigenvalue weighted by atomic mass is 10.2. The summed E-state index contributed by atoms with van der Waals surface area (Å²) in [6.45, 7) is 0.346. The van der Waals surface area contributed by atoms with Gasteiger partial charge in [0.1, 0.15) is 6.54 Å². The summed E-state index contributed by atoms with van der Waals surface area (Å²) in [5.41, 5.74) is 0. The second kappa shape index (κ2) is 9.30. The number of nitrogens with zero attached hydrogens (tertiary/aromatic N) is 1. The number of ether oxygens (including phenoxy) is 1. The summed E-state index contributed by atoms with van der Waals surface area (Å²) in [6, 6.07) is 0. The average Bonchev–Trinajstić information content (AvgIpc) is 2.12. The number of carbonyl (C=O) groups excluding carboxylic acids is 2. The quantitative estimate of drug-likeness (QED) is 0.459. The van der Waals surface area contributed by atoms with Gasteiger partial charge in [-0.3, -0.25) is 9.59 Å². The number of carboxylic acids is 2. The van der Waals surface area contributed by atoms with Crippen LogP contribution in [-0.4, -0.2) is 61.3 Å².